The zero-order valence-corrected chi connectivity index (χ0v) is 17.1. The molecule has 10 heteroatoms. The number of carbonyl (C=O) groups excluding carboxylic acids is 1. The van der Waals surface area contributed by atoms with Crippen LogP contribution in [0, 0.1) is 0 Å². The summed E-state index contributed by atoms with van der Waals surface area (Å²) in [5.41, 5.74) is 5.85. The highest BCUT2D eigenvalue weighted by molar-refractivity contribution is 5.91. The number of H-pyrrole nitrogens is 1. The van der Waals surface area contributed by atoms with Crippen molar-refractivity contribution in [3.8, 4) is 0 Å². The average molecular weight is 426 g/mol. The molecule has 0 radical (unpaired) electrons. The quantitative estimate of drug-likeness (QED) is 0.579. The van der Waals surface area contributed by atoms with Crippen LogP contribution in [-0.4, -0.2) is 51.9 Å². The number of hydrogen-bond donors (Lipinski definition) is 2. The van der Waals surface area contributed by atoms with Gasteiger partial charge in [-0.2, -0.15) is 5.48 Å². The van der Waals surface area contributed by atoms with E-state index >= 15 is 0 Å². The van der Waals surface area contributed by atoms with Gasteiger partial charge in [0.25, 0.3) is 11.5 Å². The van der Waals surface area contributed by atoms with E-state index < -0.39 is 5.91 Å². The summed E-state index contributed by atoms with van der Waals surface area (Å²) >= 11 is 0. The van der Waals surface area contributed by atoms with Crippen LogP contribution in [0.1, 0.15) is 28.5 Å². The summed E-state index contributed by atoms with van der Waals surface area (Å²) in [6, 6.07) is 7.15. The molecule has 0 aromatic carbocycles. The normalized spacial score (nSPS) is 14.7. The van der Waals surface area contributed by atoms with Crippen LogP contribution in [0.5, 0.6) is 0 Å². The number of amides is 1. The zero-order valence-electron chi connectivity index (χ0n) is 17.1. The first-order valence-corrected chi connectivity index (χ1v) is 10.1. The van der Waals surface area contributed by atoms with Crippen LogP contribution in [0.3, 0.4) is 0 Å². The van der Waals surface area contributed by atoms with Gasteiger partial charge >= 0.3 is 0 Å². The molecular weight excluding hydrogens is 403 g/mol. The number of piperazine rings is 1. The predicted molar refractivity (Wildman–Crippen MR) is 113 cm³/mol. The Morgan fingerprint density at radius 1 is 1.19 bits per heavy atom. The van der Waals surface area contributed by atoms with E-state index in [1.54, 1.807) is 17.7 Å². The van der Waals surface area contributed by atoms with Gasteiger partial charge in [0.15, 0.2) is 0 Å². The fourth-order valence-electron chi connectivity index (χ4n) is 3.73. The number of aryl methyl sites for hydroxylation is 1. The summed E-state index contributed by atoms with van der Waals surface area (Å²) in [7, 11) is 0. The van der Waals surface area contributed by atoms with Gasteiger partial charge in [-0.3, -0.25) is 19.5 Å². The molecule has 0 atom stereocenters. The second-order valence-electron chi connectivity index (χ2n) is 7.43. The Balaban J connectivity index is 1.37. The summed E-state index contributed by atoms with van der Waals surface area (Å²) in [5, 5.41) is 3.13. The van der Waals surface area contributed by atoms with Crippen molar-refractivity contribution in [2.75, 3.05) is 31.1 Å². The lowest BCUT2D eigenvalue weighted by Crippen LogP contribution is -2.46. The molecule has 9 nitrogen and oxygen atoms in total. The average Bonchev–Trinajstić information content (AvgIpc) is 2.79. The standard InChI is InChI=1S/C21H23FN6O3/c1-2-15-10-18-19(25-20(15)29)9-14(11-23-18)13-27-5-7-28(8-6-27)16-3-4-17(24-12-16)21(30)26-31-22/h3-4,9-12H,2,5-8,13H2,1H3,(H,25,29)(H,26,30). The lowest BCUT2D eigenvalue weighted by Gasteiger charge is -2.36. The van der Waals surface area contributed by atoms with Crippen LogP contribution in [0.25, 0.3) is 11.0 Å². The Labute approximate surface area is 177 Å². The summed E-state index contributed by atoms with van der Waals surface area (Å²) in [5.74, 6) is -0.741. The first-order valence-electron chi connectivity index (χ1n) is 10.1. The van der Waals surface area contributed by atoms with E-state index in [-0.39, 0.29) is 11.3 Å². The molecule has 1 aliphatic rings. The van der Waals surface area contributed by atoms with Crippen LogP contribution in [0.4, 0.5) is 10.2 Å². The highest BCUT2D eigenvalue weighted by atomic mass is 19.3. The molecular formula is C21H23FN6O3. The van der Waals surface area contributed by atoms with Crippen LogP contribution in [-0.2, 0) is 18.0 Å². The Kier molecular flexibility index (Phi) is 6.19. The molecule has 1 fully saturated rings. The molecule has 0 saturated carbocycles. The van der Waals surface area contributed by atoms with Gasteiger partial charge < -0.3 is 9.88 Å². The molecule has 4 rings (SSSR count). The molecule has 3 aromatic heterocycles. The van der Waals surface area contributed by atoms with E-state index in [1.165, 1.54) is 6.07 Å². The highest BCUT2D eigenvalue weighted by Gasteiger charge is 2.18. The molecule has 0 unspecified atom stereocenters. The monoisotopic (exact) mass is 426 g/mol. The molecule has 2 N–H and O–H groups in total. The number of carbonyl (C=O) groups is 1. The second-order valence-corrected chi connectivity index (χ2v) is 7.43. The maximum atomic E-state index is 12.1. The van der Waals surface area contributed by atoms with E-state index in [9.17, 15) is 14.1 Å². The van der Waals surface area contributed by atoms with E-state index in [4.69, 9.17) is 0 Å². The summed E-state index contributed by atoms with van der Waals surface area (Å²) < 4.78 is 11.7. The Morgan fingerprint density at radius 3 is 2.68 bits per heavy atom. The van der Waals surface area contributed by atoms with Crippen LogP contribution < -0.4 is 15.9 Å². The maximum absolute atomic E-state index is 12.1. The molecule has 3 aromatic rings. The van der Waals surface area contributed by atoms with Crippen molar-refractivity contribution in [1.29, 1.82) is 0 Å². The van der Waals surface area contributed by atoms with E-state index in [0.29, 0.717) is 6.42 Å². The van der Waals surface area contributed by atoms with Gasteiger partial charge in [0.05, 0.1) is 22.9 Å². The lowest BCUT2D eigenvalue weighted by molar-refractivity contribution is -0.176. The molecule has 1 amide bonds. The number of anilines is 1. The van der Waals surface area contributed by atoms with Crippen molar-refractivity contribution in [3.05, 3.63) is 63.8 Å². The Morgan fingerprint density at radius 2 is 2.00 bits per heavy atom. The number of hydrogen-bond acceptors (Lipinski definition) is 7. The van der Waals surface area contributed by atoms with Crippen LogP contribution in [0.15, 0.2) is 41.5 Å². The minimum Gasteiger partial charge on any atom is -0.368 e. The van der Waals surface area contributed by atoms with Crippen LogP contribution in [0.2, 0.25) is 0 Å². The van der Waals surface area contributed by atoms with Crippen molar-refractivity contribution >= 4 is 22.6 Å². The number of pyridine rings is 3. The zero-order chi connectivity index (χ0) is 21.8. The minimum atomic E-state index is -0.741. The molecule has 0 bridgehead atoms. The van der Waals surface area contributed by atoms with Crippen molar-refractivity contribution in [2.45, 2.75) is 19.9 Å². The molecule has 31 heavy (non-hydrogen) atoms. The molecule has 0 aliphatic carbocycles. The molecule has 4 heterocycles. The highest BCUT2D eigenvalue weighted by Crippen LogP contribution is 2.18. The Bertz CT molecular complexity index is 1130. The second kappa shape index (κ2) is 9.19. The fourth-order valence-corrected chi connectivity index (χ4v) is 3.73. The third-order valence-electron chi connectivity index (χ3n) is 5.46. The van der Waals surface area contributed by atoms with E-state index in [1.807, 2.05) is 25.3 Å². The smallest absolute Gasteiger partial charge is 0.296 e. The van der Waals surface area contributed by atoms with Gasteiger partial charge in [-0.15, -0.1) is 0 Å². The molecule has 162 valence electrons. The third kappa shape index (κ3) is 4.70. The van der Waals surface area contributed by atoms with Crippen molar-refractivity contribution < 1.29 is 14.4 Å². The molecule has 1 saturated heterocycles. The summed E-state index contributed by atoms with van der Waals surface area (Å²) in [6.07, 6.45) is 4.13. The number of aromatic amines is 1. The van der Waals surface area contributed by atoms with Gasteiger partial charge in [0.1, 0.15) is 5.69 Å². The van der Waals surface area contributed by atoms with Gasteiger partial charge in [-0.25, -0.2) is 4.98 Å². The van der Waals surface area contributed by atoms with Gasteiger partial charge in [0.2, 0.25) is 0 Å². The van der Waals surface area contributed by atoms with Crippen LogP contribution >= 0.6 is 0 Å². The van der Waals surface area contributed by atoms with Gasteiger partial charge in [0, 0.05) is 44.5 Å². The largest absolute Gasteiger partial charge is 0.368 e. The number of nitrogens with one attached hydrogen (secondary N) is 2. The predicted octanol–water partition coefficient (Wildman–Crippen LogP) is 1.75. The molecule has 1 aliphatic heterocycles. The van der Waals surface area contributed by atoms with Crippen molar-refractivity contribution in [1.82, 2.24) is 25.3 Å². The minimum absolute atomic E-state index is 0.0584. The number of fused-ring (bicyclic) bond motifs is 1. The van der Waals surface area contributed by atoms with Gasteiger partial charge in [-0.1, -0.05) is 12.0 Å². The maximum Gasteiger partial charge on any atom is 0.296 e. The first-order chi connectivity index (χ1) is 15.1. The van der Waals surface area contributed by atoms with Gasteiger partial charge in [-0.05, 0) is 40.8 Å². The fraction of sp³-hybridized carbons (Fsp3) is 0.333. The van der Waals surface area contributed by atoms with Crippen molar-refractivity contribution in [3.63, 3.8) is 0 Å². The first kappa shape index (κ1) is 20.9. The third-order valence-corrected chi connectivity index (χ3v) is 5.46. The van der Waals surface area contributed by atoms with E-state index in [0.717, 1.165) is 60.6 Å². The number of rotatable bonds is 6. The summed E-state index contributed by atoms with van der Waals surface area (Å²) in [4.78, 5) is 39.6. The number of aromatic nitrogens is 3. The summed E-state index contributed by atoms with van der Waals surface area (Å²) in [6.45, 7) is 6.00. The topological polar surface area (TPSA) is 103 Å². The number of hydroxylamine groups is 1. The van der Waals surface area contributed by atoms with E-state index in [2.05, 4.69) is 29.8 Å². The Hall–Kier alpha value is -3.37. The number of halogens is 1. The van der Waals surface area contributed by atoms with Crippen molar-refractivity contribution in [2.24, 2.45) is 0 Å². The molecule has 0 spiro atoms. The lowest BCUT2D eigenvalue weighted by atomic mass is 10.1. The SMILES string of the molecule is CCc1cc2ncc(CN3CCN(c4ccc(C(=O)NOF)nc4)CC3)cc2[nH]c1=O. The number of nitrogens with zero attached hydrogens (tertiary/aromatic N) is 4.